The van der Waals surface area contributed by atoms with Crippen molar-refractivity contribution in [1.82, 2.24) is 25.1 Å². The second kappa shape index (κ2) is 8.86. The number of nitrogens with zero attached hydrogens (tertiary/aromatic N) is 3. The SMILES string of the molecule is CN(C)C(=O)C(=O)NC12CCC(Cn3c1nc(C(=O)NCc1ccc(F)cc1)c(O)c3=O)OC2. The molecule has 2 bridgehead atoms. The maximum Gasteiger partial charge on any atom is 0.311 e. The third-order valence-corrected chi connectivity index (χ3v) is 5.95. The average Bonchev–Trinajstić information content (AvgIpc) is 3.06. The third-order valence-electron chi connectivity index (χ3n) is 5.95. The van der Waals surface area contributed by atoms with Gasteiger partial charge in [0.15, 0.2) is 5.69 Å². The summed E-state index contributed by atoms with van der Waals surface area (Å²) in [4.78, 5) is 56.0. The second-order valence-electron chi connectivity index (χ2n) is 8.57. The summed E-state index contributed by atoms with van der Waals surface area (Å²) in [6, 6.07) is 5.45. The molecule has 0 aliphatic carbocycles. The predicted octanol–water partition coefficient (Wildman–Crippen LogP) is -0.390. The molecule has 0 saturated carbocycles. The Morgan fingerprint density at radius 2 is 2.00 bits per heavy atom. The van der Waals surface area contributed by atoms with Crippen LogP contribution in [-0.2, 0) is 33.0 Å². The van der Waals surface area contributed by atoms with Crippen LogP contribution in [0.1, 0.15) is 34.7 Å². The van der Waals surface area contributed by atoms with Gasteiger partial charge in [-0.15, -0.1) is 0 Å². The van der Waals surface area contributed by atoms with Crippen LogP contribution in [0, 0.1) is 5.82 Å². The number of ether oxygens (including phenoxy) is 1. The molecule has 4 heterocycles. The average molecular weight is 473 g/mol. The lowest BCUT2D eigenvalue weighted by Crippen LogP contribution is -2.56. The molecule has 1 aromatic carbocycles. The predicted molar refractivity (Wildman–Crippen MR) is 115 cm³/mol. The lowest BCUT2D eigenvalue weighted by molar-refractivity contribution is -0.146. The summed E-state index contributed by atoms with van der Waals surface area (Å²) in [5.41, 5.74) is -2.11. The highest BCUT2D eigenvalue weighted by molar-refractivity contribution is 6.35. The van der Waals surface area contributed by atoms with Crippen molar-refractivity contribution in [1.29, 1.82) is 0 Å². The molecule has 12 heteroatoms. The van der Waals surface area contributed by atoms with Crippen molar-refractivity contribution in [3.8, 4) is 5.75 Å². The number of carbonyl (C=O) groups is 3. The maximum atomic E-state index is 13.1. The summed E-state index contributed by atoms with van der Waals surface area (Å²) in [6.07, 6.45) is 0.428. The van der Waals surface area contributed by atoms with E-state index in [1.54, 1.807) is 0 Å². The van der Waals surface area contributed by atoms with Gasteiger partial charge in [0.05, 0.1) is 19.3 Å². The van der Waals surface area contributed by atoms with E-state index in [4.69, 9.17) is 4.74 Å². The fourth-order valence-corrected chi connectivity index (χ4v) is 4.08. The number of amides is 3. The number of hydrogen-bond acceptors (Lipinski definition) is 7. The van der Waals surface area contributed by atoms with Crippen LogP contribution in [0.4, 0.5) is 4.39 Å². The van der Waals surface area contributed by atoms with E-state index < -0.39 is 46.1 Å². The van der Waals surface area contributed by atoms with Crippen LogP contribution < -0.4 is 16.2 Å². The summed E-state index contributed by atoms with van der Waals surface area (Å²) in [5.74, 6) is -3.77. The molecule has 1 saturated heterocycles. The van der Waals surface area contributed by atoms with Gasteiger partial charge in [0.1, 0.15) is 17.2 Å². The van der Waals surface area contributed by atoms with Crippen molar-refractivity contribution in [2.75, 3.05) is 20.7 Å². The van der Waals surface area contributed by atoms with Crippen molar-refractivity contribution < 1.29 is 28.6 Å². The molecular weight excluding hydrogens is 449 g/mol. The highest BCUT2D eigenvalue weighted by Crippen LogP contribution is 2.36. The number of benzene rings is 1. The minimum absolute atomic E-state index is 0.00303. The fraction of sp³-hybridized carbons (Fsp3) is 0.409. The molecule has 0 spiro atoms. The fourth-order valence-electron chi connectivity index (χ4n) is 4.08. The first-order valence-corrected chi connectivity index (χ1v) is 10.6. The lowest BCUT2D eigenvalue weighted by Gasteiger charge is -2.36. The van der Waals surface area contributed by atoms with Gasteiger partial charge >= 0.3 is 11.8 Å². The minimum Gasteiger partial charge on any atom is -0.501 e. The molecule has 0 radical (unpaired) electrons. The molecule has 2 aromatic rings. The number of nitrogens with one attached hydrogen (secondary N) is 2. The Labute approximate surface area is 193 Å². The normalized spacial score (nSPS) is 20.7. The van der Waals surface area contributed by atoms with Gasteiger partial charge in [-0.3, -0.25) is 23.7 Å². The van der Waals surface area contributed by atoms with Crippen LogP contribution in [0.3, 0.4) is 0 Å². The quantitative estimate of drug-likeness (QED) is 0.513. The Bertz CT molecular complexity index is 1200. The molecule has 1 fully saturated rings. The monoisotopic (exact) mass is 473 g/mol. The largest absolute Gasteiger partial charge is 0.501 e. The van der Waals surface area contributed by atoms with Crippen LogP contribution in [0.2, 0.25) is 0 Å². The van der Waals surface area contributed by atoms with E-state index in [0.717, 1.165) is 4.90 Å². The number of halogens is 1. The Morgan fingerprint density at radius 1 is 1.29 bits per heavy atom. The van der Waals surface area contributed by atoms with E-state index in [1.165, 1.54) is 42.9 Å². The zero-order valence-electron chi connectivity index (χ0n) is 18.6. The van der Waals surface area contributed by atoms with E-state index in [-0.39, 0.29) is 31.6 Å². The van der Waals surface area contributed by atoms with Gasteiger partial charge in [-0.2, -0.15) is 0 Å². The van der Waals surface area contributed by atoms with Crippen molar-refractivity contribution in [2.24, 2.45) is 0 Å². The molecule has 3 N–H and O–H groups in total. The summed E-state index contributed by atoms with van der Waals surface area (Å²) >= 11 is 0. The number of aromatic nitrogens is 2. The number of likely N-dealkylation sites (N-methyl/N-ethyl adjacent to an activating group) is 1. The molecule has 5 rings (SSSR count). The highest BCUT2D eigenvalue weighted by Gasteiger charge is 2.47. The Kier molecular flexibility index (Phi) is 6.09. The van der Waals surface area contributed by atoms with Crippen molar-refractivity contribution in [3.63, 3.8) is 0 Å². The number of fused-ring (bicyclic) bond motifs is 2. The van der Waals surface area contributed by atoms with E-state index in [1.807, 2.05) is 0 Å². The topological polar surface area (TPSA) is 143 Å². The Morgan fingerprint density at radius 3 is 2.62 bits per heavy atom. The highest BCUT2D eigenvalue weighted by atomic mass is 19.1. The molecule has 34 heavy (non-hydrogen) atoms. The van der Waals surface area contributed by atoms with E-state index in [9.17, 15) is 28.7 Å². The van der Waals surface area contributed by atoms with Gasteiger partial charge in [-0.25, -0.2) is 9.37 Å². The zero-order chi connectivity index (χ0) is 24.6. The van der Waals surface area contributed by atoms with Crippen LogP contribution in [0.15, 0.2) is 29.1 Å². The van der Waals surface area contributed by atoms with Crippen molar-refractivity contribution in [2.45, 2.75) is 37.6 Å². The van der Waals surface area contributed by atoms with E-state index in [0.29, 0.717) is 18.4 Å². The van der Waals surface area contributed by atoms with Gasteiger partial charge < -0.3 is 25.4 Å². The standard InChI is InChI=1S/C22H24FN5O6/c1-27(2)20(33)18(31)26-22-8-7-14(34-11-22)10-28-19(32)16(29)15(25-21(22)28)17(30)24-9-12-3-5-13(23)6-4-12/h3-6,14,29H,7-11H2,1-2H3,(H,24,30)(H,26,31). The van der Waals surface area contributed by atoms with Crippen LogP contribution in [0.25, 0.3) is 0 Å². The summed E-state index contributed by atoms with van der Waals surface area (Å²) in [6.45, 7) is 0.0203. The van der Waals surface area contributed by atoms with Crippen LogP contribution >= 0.6 is 0 Å². The van der Waals surface area contributed by atoms with E-state index in [2.05, 4.69) is 15.6 Å². The molecule has 3 aliphatic rings. The summed E-state index contributed by atoms with van der Waals surface area (Å²) in [7, 11) is 2.86. The number of carbonyl (C=O) groups excluding carboxylic acids is 3. The number of aromatic hydroxyl groups is 1. The molecule has 2 atom stereocenters. The van der Waals surface area contributed by atoms with Gasteiger partial charge in [0.25, 0.3) is 11.5 Å². The molecule has 180 valence electrons. The van der Waals surface area contributed by atoms with Crippen molar-refractivity contribution in [3.05, 3.63) is 57.5 Å². The first-order chi connectivity index (χ1) is 16.1. The van der Waals surface area contributed by atoms with Crippen molar-refractivity contribution >= 4 is 17.7 Å². The molecule has 1 aromatic heterocycles. The smallest absolute Gasteiger partial charge is 0.311 e. The van der Waals surface area contributed by atoms with E-state index >= 15 is 0 Å². The zero-order valence-corrected chi connectivity index (χ0v) is 18.6. The molecule has 3 aliphatic heterocycles. The molecule has 3 amide bonds. The minimum atomic E-state index is -1.34. The van der Waals surface area contributed by atoms with Gasteiger partial charge in [-0.1, -0.05) is 12.1 Å². The second-order valence-corrected chi connectivity index (χ2v) is 8.57. The maximum absolute atomic E-state index is 13.1. The lowest BCUT2D eigenvalue weighted by atomic mass is 9.90. The van der Waals surface area contributed by atoms with Gasteiger partial charge in [-0.05, 0) is 30.5 Å². The molecule has 11 nitrogen and oxygen atoms in total. The van der Waals surface area contributed by atoms with Crippen LogP contribution in [-0.4, -0.2) is 64.1 Å². The summed E-state index contributed by atoms with van der Waals surface area (Å²) < 4.78 is 20.1. The van der Waals surface area contributed by atoms with Crippen LogP contribution in [0.5, 0.6) is 5.75 Å². The Hall–Kier alpha value is -3.80. The Balaban J connectivity index is 1.70. The number of rotatable bonds is 4. The molecular formula is C22H24FN5O6. The first-order valence-electron chi connectivity index (χ1n) is 10.6. The third kappa shape index (κ3) is 4.23. The van der Waals surface area contributed by atoms with Gasteiger partial charge in [0.2, 0.25) is 5.75 Å². The molecule has 2 unspecified atom stereocenters. The first kappa shape index (κ1) is 23.4. The number of hydrogen-bond donors (Lipinski definition) is 3. The summed E-state index contributed by atoms with van der Waals surface area (Å²) in [5, 5.41) is 15.7. The van der Waals surface area contributed by atoms with Gasteiger partial charge in [0, 0.05) is 20.6 Å².